The Bertz CT molecular complexity index is 380. The smallest absolute Gasteiger partial charge is 0.236 e. The molecule has 1 saturated heterocycles. The standard InChI is InChI=1S/C13H19BrN2OS/c1-11(14)13(17)16-6-3-5-15(7-8-16)10-12-4-2-9-18-12/h2,4,9,11H,3,5-8,10H2,1H3. The van der Waals surface area contributed by atoms with E-state index in [-0.39, 0.29) is 10.7 Å². The van der Waals surface area contributed by atoms with Crippen molar-refractivity contribution in [1.29, 1.82) is 0 Å². The summed E-state index contributed by atoms with van der Waals surface area (Å²) in [4.78, 5) is 17.7. The Labute approximate surface area is 121 Å². The van der Waals surface area contributed by atoms with Gasteiger partial charge in [0, 0.05) is 37.6 Å². The first-order valence-electron chi connectivity index (χ1n) is 6.34. The Morgan fingerprint density at radius 3 is 2.94 bits per heavy atom. The Kier molecular flexibility index (Phi) is 5.21. The second kappa shape index (κ2) is 6.68. The van der Waals surface area contributed by atoms with Gasteiger partial charge in [-0.1, -0.05) is 22.0 Å². The molecule has 0 aliphatic carbocycles. The highest BCUT2D eigenvalue weighted by molar-refractivity contribution is 9.10. The zero-order valence-corrected chi connectivity index (χ0v) is 13.0. The van der Waals surface area contributed by atoms with Crippen LogP contribution in [0.5, 0.6) is 0 Å². The van der Waals surface area contributed by atoms with E-state index in [1.165, 1.54) is 4.88 Å². The summed E-state index contributed by atoms with van der Waals surface area (Å²) in [5, 5.41) is 2.12. The van der Waals surface area contributed by atoms with Crippen molar-refractivity contribution < 1.29 is 4.79 Å². The van der Waals surface area contributed by atoms with Gasteiger partial charge in [0.2, 0.25) is 5.91 Å². The molecule has 0 saturated carbocycles. The lowest BCUT2D eigenvalue weighted by atomic mass is 10.3. The first-order chi connectivity index (χ1) is 8.66. The van der Waals surface area contributed by atoms with Crippen LogP contribution in [0, 0.1) is 0 Å². The predicted octanol–water partition coefficient (Wildman–Crippen LogP) is 2.57. The van der Waals surface area contributed by atoms with Gasteiger partial charge in [-0.05, 0) is 24.8 Å². The molecule has 1 aromatic heterocycles. The Morgan fingerprint density at radius 2 is 2.28 bits per heavy atom. The monoisotopic (exact) mass is 330 g/mol. The highest BCUT2D eigenvalue weighted by atomic mass is 79.9. The SMILES string of the molecule is CC(Br)C(=O)N1CCCN(Cc2cccs2)CC1. The molecular weight excluding hydrogens is 312 g/mol. The molecule has 0 spiro atoms. The van der Waals surface area contributed by atoms with Crippen molar-refractivity contribution in [3.8, 4) is 0 Å². The summed E-state index contributed by atoms with van der Waals surface area (Å²) < 4.78 is 0. The molecule has 100 valence electrons. The molecule has 1 aliphatic heterocycles. The molecule has 1 amide bonds. The molecule has 5 heteroatoms. The summed E-state index contributed by atoms with van der Waals surface area (Å²) in [6.07, 6.45) is 1.07. The summed E-state index contributed by atoms with van der Waals surface area (Å²) in [5.41, 5.74) is 0. The number of alkyl halides is 1. The first-order valence-corrected chi connectivity index (χ1v) is 8.14. The van der Waals surface area contributed by atoms with E-state index < -0.39 is 0 Å². The van der Waals surface area contributed by atoms with E-state index in [0.717, 1.165) is 39.1 Å². The average Bonchev–Trinajstić information content (AvgIpc) is 2.73. The zero-order chi connectivity index (χ0) is 13.0. The van der Waals surface area contributed by atoms with E-state index in [0.29, 0.717) is 0 Å². The van der Waals surface area contributed by atoms with Crippen LogP contribution >= 0.6 is 27.3 Å². The van der Waals surface area contributed by atoms with Gasteiger partial charge >= 0.3 is 0 Å². The van der Waals surface area contributed by atoms with Gasteiger partial charge < -0.3 is 4.90 Å². The number of carbonyl (C=O) groups is 1. The fourth-order valence-corrected chi connectivity index (χ4v) is 3.26. The van der Waals surface area contributed by atoms with Crippen LogP contribution in [0.15, 0.2) is 17.5 Å². The lowest BCUT2D eigenvalue weighted by Crippen LogP contribution is -2.38. The van der Waals surface area contributed by atoms with E-state index in [1.807, 2.05) is 11.8 Å². The number of thiophene rings is 1. The van der Waals surface area contributed by atoms with Gasteiger partial charge in [-0.15, -0.1) is 11.3 Å². The summed E-state index contributed by atoms with van der Waals surface area (Å²) in [6, 6.07) is 4.28. The Balaban J connectivity index is 1.86. The minimum Gasteiger partial charge on any atom is -0.340 e. The summed E-state index contributed by atoms with van der Waals surface area (Å²) >= 11 is 5.17. The zero-order valence-electron chi connectivity index (χ0n) is 10.6. The van der Waals surface area contributed by atoms with Crippen molar-refractivity contribution in [1.82, 2.24) is 9.80 Å². The average molecular weight is 331 g/mol. The van der Waals surface area contributed by atoms with Gasteiger partial charge in [0.05, 0.1) is 4.83 Å². The molecule has 1 aliphatic rings. The molecule has 1 fully saturated rings. The molecular formula is C13H19BrN2OS. The third kappa shape index (κ3) is 3.80. The van der Waals surface area contributed by atoms with Gasteiger partial charge in [-0.2, -0.15) is 0 Å². The van der Waals surface area contributed by atoms with Crippen LogP contribution < -0.4 is 0 Å². The quantitative estimate of drug-likeness (QED) is 0.795. The van der Waals surface area contributed by atoms with Gasteiger partial charge in [0.15, 0.2) is 0 Å². The number of rotatable bonds is 3. The topological polar surface area (TPSA) is 23.6 Å². The van der Waals surface area contributed by atoms with Crippen molar-refractivity contribution >= 4 is 33.2 Å². The minimum atomic E-state index is -0.0682. The lowest BCUT2D eigenvalue weighted by molar-refractivity contribution is -0.130. The molecule has 18 heavy (non-hydrogen) atoms. The van der Waals surface area contributed by atoms with Crippen molar-refractivity contribution in [2.24, 2.45) is 0 Å². The van der Waals surface area contributed by atoms with Crippen LogP contribution in [-0.2, 0) is 11.3 Å². The maximum atomic E-state index is 11.9. The summed E-state index contributed by atoms with van der Waals surface area (Å²) in [7, 11) is 0. The second-order valence-corrected chi connectivity index (χ2v) is 7.06. The summed E-state index contributed by atoms with van der Waals surface area (Å²) in [6.45, 7) is 6.71. The molecule has 1 atom stereocenters. The maximum absolute atomic E-state index is 11.9. The highest BCUT2D eigenvalue weighted by Gasteiger charge is 2.21. The molecule has 0 radical (unpaired) electrons. The largest absolute Gasteiger partial charge is 0.340 e. The molecule has 0 bridgehead atoms. The van der Waals surface area contributed by atoms with E-state index in [9.17, 15) is 4.79 Å². The van der Waals surface area contributed by atoms with Gasteiger partial charge in [-0.25, -0.2) is 0 Å². The van der Waals surface area contributed by atoms with Crippen LogP contribution in [0.4, 0.5) is 0 Å². The number of halogens is 1. The number of carbonyl (C=O) groups excluding carboxylic acids is 1. The Morgan fingerprint density at radius 1 is 1.44 bits per heavy atom. The van der Waals surface area contributed by atoms with E-state index in [1.54, 1.807) is 11.3 Å². The van der Waals surface area contributed by atoms with Crippen molar-refractivity contribution in [3.63, 3.8) is 0 Å². The van der Waals surface area contributed by atoms with Crippen molar-refractivity contribution in [3.05, 3.63) is 22.4 Å². The third-order valence-corrected chi connectivity index (χ3v) is 4.45. The molecule has 3 nitrogen and oxygen atoms in total. The fourth-order valence-electron chi connectivity index (χ4n) is 2.22. The normalized spacial score (nSPS) is 19.6. The van der Waals surface area contributed by atoms with Crippen LogP contribution in [0.3, 0.4) is 0 Å². The van der Waals surface area contributed by atoms with Crippen molar-refractivity contribution in [2.75, 3.05) is 26.2 Å². The van der Waals surface area contributed by atoms with Crippen LogP contribution in [0.2, 0.25) is 0 Å². The molecule has 1 aromatic rings. The maximum Gasteiger partial charge on any atom is 0.236 e. The van der Waals surface area contributed by atoms with Gasteiger partial charge in [0.1, 0.15) is 0 Å². The first kappa shape index (κ1) is 14.0. The van der Waals surface area contributed by atoms with Crippen LogP contribution in [0.25, 0.3) is 0 Å². The molecule has 1 unspecified atom stereocenters. The number of hydrogen-bond acceptors (Lipinski definition) is 3. The third-order valence-electron chi connectivity index (χ3n) is 3.20. The van der Waals surface area contributed by atoms with E-state index >= 15 is 0 Å². The number of nitrogens with zero attached hydrogens (tertiary/aromatic N) is 2. The Hall–Kier alpha value is -0.390. The molecule has 0 aromatic carbocycles. The lowest BCUT2D eigenvalue weighted by Gasteiger charge is -2.22. The molecule has 2 heterocycles. The van der Waals surface area contributed by atoms with Crippen LogP contribution in [-0.4, -0.2) is 46.7 Å². The predicted molar refractivity (Wildman–Crippen MR) is 79.2 cm³/mol. The summed E-state index contributed by atoms with van der Waals surface area (Å²) in [5.74, 6) is 0.216. The van der Waals surface area contributed by atoms with E-state index in [4.69, 9.17) is 0 Å². The number of amides is 1. The molecule has 2 rings (SSSR count). The highest BCUT2D eigenvalue weighted by Crippen LogP contribution is 2.14. The minimum absolute atomic E-state index is 0.0682. The van der Waals surface area contributed by atoms with Gasteiger partial charge in [-0.3, -0.25) is 9.69 Å². The number of hydrogen-bond donors (Lipinski definition) is 0. The second-order valence-electron chi connectivity index (χ2n) is 4.65. The van der Waals surface area contributed by atoms with Crippen molar-refractivity contribution in [2.45, 2.75) is 24.7 Å². The molecule has 0 N–H and O–H groups in total. The fraction of sp³-hybridized carbons (Fsp3) is 0.615. The van der Waals surface area contributed by atoms with Gasteiger partial charge in [0.25, 0.3) is 0 Å². The van der Waals surface area contributed by atoms with Crippen LogP contribution in [0.1, 0.15) is 18.2 Å². The van der Waals surface area contributed by atoms with E-state index in [2.05, 4.69) is 38.3 Å².